The number of carboxylic acids is 1. The molecule has 1 saturated heterocycles. The number of amidine groups is 1. The van der Waals surface area contributed by atoms with E-state index in [2.05, 4.69) is 21.8 Å². The Hall–Kier alpha value is -3.26. The maximum absolute atomic E-state index is 12.4. The van der Waals surface area contributed by atoms with E-state index in [0.717, 1.165) is 17.4 Å². The van der Waals surface area contributed by atoms with E-state index in [9.17, 15) is 14.7 Å². The van der Waals surface area contributed by atoms with Gasteiger partial charge in [0.15, 0.2) is 5.17 Å². The molecule has 0 bridgehead atoms. The molecule has 7 nitrogen and oxygen atoms in total. The molecule has 0 saturated carbocycles. The summed E-state index contributed by atoms with van der Waals surface area (Å²) in [7, 11) is 0. The van der Waals surface area contributed by atoms with Crippen molar-refractivity contribution < 1.29 is 14.7 Å². The first kappa shape index (κ1) is 19.5. The number of hydrogen-bond donors (Lipinski definition) is 0. The Morgan fingerprint density at radius 3 is 2.29 bits per heavy atom. The van der Waals surface area contributed by atoms with E-state index in [1.165, 1.54) is 4.90 Å². The summed E-state index contributed by atoms with van der Waals surface area (Å²) in [6.07, 6.45) is 1.22. The van der Waals surface area contributed by atoms with Crippen LogP contribution in [0.4, 0.5) is 17.1 Å². The zero-order valence-corrected chi connectivity index (χ0v) is 15.7. The van der Waals surface area contributed by atoms with Crippen LogP contribution < -0.4 is 5.11 Å². The van der Waals surface area contributed by atoms with Gasteiger partial charge < -0.3 is 9.90 Å². The van der Waals surface area contributed by atoms with E-state index in [1.54, 1.807) is 30.3 Å². The largest absolute Gasteiger partial charge is 0.550 e. The Kier molecular flexibility index (Phi) is 6.33. The number of carbonyl (C=O) groups excluding carboxylic acids is 2. The molecule has 0 N–H and O–H groups in total. The SMILES string of the molecule is C=CCN1C(=O)[C@@H](CC(=O)[O-])SC1=Nc1ccc(N=Nc2ccccc2)cc1. The average molecular weight is 393 g/mol. The molecular weight excluding hydrogens is 376 g/mol. The summed E-state index contributed by atoms with van der Waals surface area (Å²) in [4.78, 5) is 29.1. The summed E-state index contributed by atoms with van der Waals surface area (Å²) in [6, 6.07) is 16.4. The number of nitrogens with zero attached hydrogens (tertiary/aromatic N) is 4. The van der Waals surface area contributed by atoms with Gasteiger partial charge in [0.1, 0.15) is 0 Å². The van der Waals surface area contributed by atoms with Crippen LogP contribution in [0.2, 0.25) is 0 Å². The highest BCUT2D eigenvalue weighted by Gasteiger charge is 2.37. The van der Waals surface area contributed by atoms with E-state index in [1.807, 2.05) is 30.3 Å². The van der Waals surface area contributed by atoms with Crippen molar-refractivity contribution in [2.75, 3.05) is 6.54 Å². The van der Waals surface area contributed by atoms with E-state index in [-0.39, 0.29) is 18.9 Å². The average Bonchev–Trinajstić information content (AvgIpc) is 2.97. The molecule has 0 spiro atoms. The Bertz CT molecular complexity index is 926. The first-order valence-corrected chi connectivity index (χ1v) is 9.39. The van der Waals surface area contributed by atoms with Gasteiger partial charge in [0, 0.05) is 18.9 Å². The van der Waals surface area contributed by atoms with Gasteiger partial charge in [-0.05, 0) is 36.4 Å². The van der Waals surface area contributed by atoms with Gasteiger partial charge in [-0.1, -0.05) is 36.0 Å². The van der Waals surface area contributed by atoms with Crippen LogP contribution in [0, 0.1) is 0 Å². The number of carbonyl (C=O) groups is 2. The van der Waals surface area contributed by atoms with Crippen LogP contribution in [0.1, 0.15) is 6.42 Å². The third-order valence-electron chi connectivity index (χ3n) is 3.80. The summed E-state index contributed by atoms with van der Waals surface area (Å²) in [6.45, 7) is 3.89. The molecule has 2 aromatic carbocycles. The van der Waals surface area contributed by atoms with Crippen molar-refractivity contribution in [1.29, 1.82) is 0 Å². The number of thioether (sulfide) groups is 1. The normalized spacial score (nSPS) is 18.1. The topological polar surface area (TPSA) is 97.5 Å². The smallest absolute Gasteiger partial charge is 0.242 e. The second-order valence-corrected chi connectivity index (χ2v) is 7.04. The molecule has 8 heteroatoms. The lowest BCUT2D eigenvalue weighted by Crippen LogP contribution is -2.35. The minimum Gasteiger partial charge on any atom is -0.550 e. The van der Waals surface area contributed by atoms with Crippen LogP contribution >= 0.6 is 11.8 Å². The van der Waals surface area contributed by atoms with Crippen molar-refractivity contribution in [2.45, 2.75) is 11.7 Å². The molecule has 1 heterocycles. The third-order valence-corrected chi connectivity index (χ3v) is 4.97. The van der Waals surface area contributed by atoms with Crippen molar-refractivity contribution in [2.24, 2.45) is 15.2 Å². The van der Waals surface area contributed by atoms with Gasteiger partial charge in [0.05, 0.1) is 22.3 Å². The number of benzene rings is 2. The number of aliphatic imine (C=N–C) groups is 1. The zero-order chi connectivity index (χ0) is 19.9. The number of carboxylic acid groups (broad SMARTS) is 1. The summed E-state index contributed by atoms with van der Waals surface area (Å²) in [5.41, 5.74) is 2.05. The highest BCUT2D eigenvalue weighted by Crippen LogP contribution is 2.32. The fraction of sp³-hybridized carbons (Fsp3) is 0.150. The molecule has 2 aromatic rings. The molecule has 142 valence electrons. The van der Waals surface area contributed by atoms with Gasteiger partial charge in [-0.2, -0.15) is 10.2 Å². The lowest BCUT2D eigenvalue weighted by Gasteiger charge is -2.13. The van der Waals surface area contributed by atoms with E-state index >= 15 is 0 Å². The van der Waals surface area contributed by atoms with Gasteiger partial charge in [-0.25, -0.2) is 4.99 Å². The molecule has 0 aromatic heterocycles. The molecule has 1 atom stereocenters. The zero-order valence-electron chi connectivity index (χ0n) is 14.9. The van der Waals surface area contributed by atoms with Crippen molar-refractivity contribution in [3.8, 4) is 0 Å². The number of hydrogen-bond acceptors (Lipinski definition) is 7. The highest BCUT2D eigenvalue weighted by atomic mass is 32.2. The van der Waals surface area contributed by atoms with Crippen LogP contribution in [0.5, 0.6) is 0 Å². The Labute approximate surface area is 166 Å². The first-order valence-electron chi connectivity index (χ1n) is 8.51. The summed E-state index contributed by atoms with van der Waals surface area (Å²) >= 11 is 1.12. The van der Waals surface area contributed by atoms with E-state index < -0.39 is 11.2 Å². The molecule has 1 aliphatic rings. The Balaban J connectivity index is 1.76. The van der Waals surface area contributed by atoms with Crippen LogP contribution in [0.3, 0.4) is 0 Å². The Morgan fingerprint density at radius 2 is 1.68 bits per heavy atom. The minimum atomic E-state index is -1.27. The quantitative estimate of drug-likeness (QED) is 0.532. The number of rotatable bonds is 7. The van der Waals surface area contributed by atoms with Gasteiger partial charge in [-0.15, -0.1) is 6.58 Å². The maximum Gasteiger partial charge on any atom is 0.242 e. The third kappa shape index (κ3) is 4.92. The predicted octanol–water partition coefficient (Wildman–Crippen LogP) is 3.36. The molecule has 1 fully saturated rings. The van der Waals surface area contributed by atoms with Crippen LogP contribution in [0.25, 0.3) is 0 Å². The molecule has 28 heavy (non-hydrogen) atoms. The standard InChI is InChI=1S/C20H18N4O3S/c1-2-12-24-19(27)17(13-18(25)26)28-20(24)21-14-8-10-16(11-9-14)23-22-15-6-4-3-5-7-15/h2-11,17H,1,12-13H2,(H,25,26)/p-1/t17-/m1/s1. The molecular formula is C20H17N4O3S-. The lowest BCUT2D eigenvalue weighted by atomic mass is 10.2. The van der Waals surface area contributed by atoms with Crippen molar-refractivity contribution in [1.82, 2.24) is 4.90 Å². The van der Waals surface area contributed by atoms with Gasteiger partial charge in [0.2, 0.25) is 5.91 Å². The van der Waals surface area contributed by atoms with Crippen molar-refractivity contribution in [3.63, 3.8) is 0 Å². The monoisotopic (exact) mass is 393 g/mol. The van der Waals surface area contributed by atoms with E-state index in [0.29, 0.717) is 16.5 Å². The van der Waals surface area contributed by atoms with Crippen LogP contribution in [-0.4, -0.2) is 33.7 Å². The van der Waals surface area contributed by atoms with E-state index in [4.69, 9.17) is 0 Å². The highest BCUT2D eigenvalue weighted by molar-refractivity contribution is 8.15. The molecule has 1 amide bonds. The van der Waals surface area contributed by atoms with Crippen molar-refractivity contribution in [3.05, 3.63) is 67.3 Å². The molecule has 0 radical (unpaired) electrons. The fourth-order valence-corrected chi connectivity index (χ4v) is 3.64. The number of amides is 1. The summed E-state index contributed by atoms with van der Waals surface area (Å²) in [5.74, 6) is -1.57. The fourth-order valence-electron chi connectivity index (χ4n) is 2.49. The summed E-state index contributed by atoms with van der Waals surface area (Å²) in [5, 5.41) is 18.9. The Morgan fingerprint density at radius 1 is 1.07 bits per heavy atom. The summed E-state index contributed by atoms with van der Waals surface area (Å²) < 4.78 is 0. The number of azo groups is 1. The number of aliphatic carboxylic acids is 1. The molecule has 0 unspecified atom stereocenters. The molecule has 0 aliphatic carbocycles. The van der Waals surface area contributed by atoms with Crippen LogP contribution in [0.15, 0.2) is 82.5 Å². The second-order valence-electron chi connectivity index (χ2n) is 5.87. The first-order chi connectivity index (χ1) is 13.6. The van der Waals surface area contributed by atoms with Crippen LogP contribution in [-0.2, 0) is 9.59 Å². The van der Waals surface area contributed by atoms with Gasteiger partial charge >= 0.3 is 0 Å². The molecule has 3 rings (SSSR count). The minimum absolute atomic E-state index is 0.261. The lowest BCUT2D eigenvalue weighted by molar-refractivity contribution is -0.305. The molecule has 1 aliphatic heterocycles. The maximum atomic E-state index is 12.4. The predicted molar refractivity (Wildman–Crippen MR) is 107 cm³/mol. The van der Waals surface area contributed by atoms with Gasteiger partial charge in [0.25, 0.3) is 0 Å². The van der Waals surface area contributed by atoms with Crippen molar-refractivity contribution >= 4 is 45.9 Å². The second kappa shape index (κ2) is 9.09. The van der Waals surface area contributed by atoms with Gasteiger partial charge in [-0.3, -0.25) is 9.69 Å².